The summed E-state index contributed by atoms with van der Waals surface area (Å²) < 4.78 is 60.6. The maximum atomic E-state index is 14.0. The molecule has 0 unspecified atom stereocenters. The van der Waals surface area contributed by atoms with Crippen LogP contribution >= 0.6 is 27.5 Å². The molecule has 0 spiro atoms. The van der Waals surface area contributed by atoms with E-state index in [1.165, 1.54) is 0 Å². The van der Waals surface area contributed by atoms with Crippen molar-refractivity contribution >= 4 is 53.3 Å². The summed E-state index contributed by atoms with van der Waals surface area (Å²) in [6, 6.07) is 2.39. The van der Waals surface area contributed by atoms with Gasteiger partial charge in [-0.2, -0.15) is 8.97 Å². The highest BCUT2D eigenvalue weighted by Crippen LogP contribution is 2.39. The molecule has 0 aliphatic rings. The second-order valence-corrected chi connectivity index (χ2v) is 9.11. The van der Waals surface area contributed by atoms with Gasteiger partial charge < -0.3 is 0 Å². The first-order valence-corrected chi connectivity index (χ1v) is 10.0. The number of anilines is 1. The third kappa shape index (κ3) is 3.85. The lowest BCUT2D eigenvalue weighted by Gasteiger charge is -2.22. The van der Waals surface area contributed by atoms with Crippen LogP contribution in [0.5, 0.6) is 0 Å². The van der Waals surface area contributed by atoms with Crippen LogP contribution in [0.4, 0.5) is 10.1 Å². The van der Waals surface area contributed by atoms with Crippen molar-refractivity contribution in [3.05, 3.63) is 26.9 Å². The van der Waals surface area contributed by atoms with Crippen molar-refractivity contribution in [3.63, 3.8) is 0 Å². The van der Waals surface area contributed by atoms with Crippen LogP contribution in [-0.2, 0) is 26.5 Å². The molecule has 0 amide bonds. The average Bonchev–Trinajstić information content (AvgIpc) is 2.27. The van der Waals surface area contributed by atoms with Crippen molar-refractivity contribution in [3.8, 4) is 6.07 Å². The topological polar surface area (TPSA) is 95.3 Å². The summed E-state index contributed by atoms with van der Waals surface area (Å²) >= 11 is 8.86. The van der Waals surface area contributed by atoms with E-state index in [2.05, 4.69) is 15.9 Å². The summed E-state index contributed by atoms with van der Waals surface area (Å²) in [5, 5.41) is 8.29. The fourth-order valence-corrected chi connectivity index (χ4v) is 5.45. The molecule has 1 rings (SSSR count). The first kappa shape index (κ1) is 18.2. The molecule has 1 aromatic carbocycles. The van der Waals surface area contributed by atoms with Crippen LogP contribution in [0.1, 0.15) is 5.56 Å². The second-order valence-electron chi connectivity index (χ2n) is 4.04. The van der Waals surface area contributed by atoms with E-state index < -0.39 is 31.6 Å². The summed E-state index contributed by atoms with van der Waals surface area (Å²) in [7, 11) is -8.50. The first-order chi connectivity index (χ1) is 9.41. The molecule has 11 heteroatoms. The lowest BCUT2D eigenvalue weighted by atomic mass is 10.1. The van der Waals surface area contributed by atoms with E-state index in [-0.39, 0.29) is 25.2 Å². The van der Waals surface area contributed by atoms with Crippen LogP contribution < -0.4 is 3.71 Å². The molecule has 1 aromatic rings. The summed E-state index contributed by atoms with van der Waals surface area (Å²) in [5.74, 6) is -0.944. The molecule has 116 valence electrons. The van der Waals surface area contributed by atoms with Gasteiger partial charge in [0.1, 0.15) is 5.82 Å². The van der Waals surface area contributed by atoms with Gasteiger partial charge in [-0.3, -0.25) is 0 Å². The smallest absolute Gasteiger partial charge is 0.207 e. The lowest BCUT2D eigenvalue weighted by molar-refractivity contribution is 0.590. The van der Waals surface area contributed by atoms with Crippen LogP contribution in [-0.4, -0.2) is 29.3 Å². The van der Waals surface area contributed by atoms with Gasteiger partial charge in [0.2, 0.25) is 20.0 Å². The normalized spacial score (nSPS) is 12.0. The molecule has 0 heterocycles. The zero-order chi connectivity index (χ0) is 16.6. The molecule has 0 aliphatic carbocycles. The van der Waals surface area contributed by atoms with Crippen molar-refractivity contribution < 1.29 is 21.2 Å². The highest BCUT2D eigenvalue weighted by molar-refractivity contribution is 9.10. The summed E-state index contributed by atoms with van der Waals surface area (Å²) in [4.78, 5) is 0. The highest BCUT2D eigenvalue weighted by Gasteiger charge is 2.31. The predicted octanol–water partition coefficient (Wildman–Crippen LogP) is 2.03. The quantitative estimate of drug-likeness (QED) is 0.696. The molecule has 0 saturated heterocycles. The minimum absolute atomic E-state index is 0.0341. The summed E-state index contributed by atoms with van der Waals surface area (Å²) in [6.07, 6.45) is 0.989. The van der Waals surface area contributed by atoms with Crippen LogP contribution in [0.3, 0.4) is 0 Å². The van der Waals surface area contributed by atoms with Crippen LogP contribution in [0, 0.1) is 17.1 Å². The Kier molecular flexibility index (Phi) is 5.26. The third-order valence-electron chi connectivity index (χ3n) is 2.29. The number of hydrogen-bond acceptors (Lipinski definition) is 5. The maximum absolute atomic E-state index is 14.0. The molecule has 0 N–H and O–H groups in total. The molecule has 0 fully saturated rings. The Balaban J connectivity index is 3.77. The van der Waals surface area contributed by atoms with Crippen LogP contribution in [0.25, 0.3) is 0 Å². The summed E-state index contributed by atoms with van der Waals surface area (Å²) in [6.45, 7) is 0. The Morgan fingerprint density at radius 2 is 1.81 bits per heavy atom. The lowest BCUT2D eigenvalue weighted by Crippen LogP contribution is -2.35. The molecule has 21 heavy (non-hydrogen) atoms. The fraction of sp³-hybridized carbons (Fsp3) is 0.300. The van der Waals surface area contributed by atoms with E-state index in [0.717, 1.165) is 0 Å². The highest BCUT2D eigenvalue weighted by atomic mass is 79.9. The second kappa shape index (κ2) is 6.08. The molecule has 6 nitrogen and oxygen atoms in total. The Labute approximate surface area is 135 Å². The molecule has 0 radical (unpaired) electrons. The maximum Gasteiger partial charge on any atom is 0.245 e. The van der Waals surface area contributed by atoms with Gasteiger partial charge in [-0.1, -0.05) is 11.6 Å². The fourth-order valence-electron chi connectivity index (χ4n) is 1.60. The third-order valence-corrected chi connectivity index (χ3v) is 7.00. The van der Waals surface area contributed by atoms with Crippen molar-refractivity contribution in [2.45, 2.75) is 6.42 Å². The van der Waals surface area contributed by atoms with Crippen LogP contribution in [0.2, 0.25) is 5.02 Å². The Morgan fingerprint density at radius 1 is 1.33 bits per heavy atom. The van der Waals surface area contributed by atoms with E-state index in [0.29, 0.717) is 18.6 Å². The zero-order valence-corrected chi connectivity index (χ0v) is 14.7. The molecule has 0 aliphatic heterocycles. The van der Waals surface area contributed by atoms with Crippen molar-refractivity contribution in [2.24, 2.45) is 0 Å². The van der Waals surface area contributed by atoms with E-state index >= 15 is 0 Å². The Hall–Kier alpha value is -0.890. The number of nitriles is 1. The summed E-state index contributed by atoms with van der Waals surface area (Å²) in [5.41, 5.74) is -0.638. The van der Waals surface area contributed by atoms with Crippen molar-refractivity contribution in [1.82, 2.24) is 0 Å². The number of hydrogen-bond donors (Lipinski definition) is 0. The monoisotopic (exact) mass is 418 g/mol. The van der Waals surface area contributed by atoms with Gasteiger partial charge in [-0.25, -0.2) is 21.2 Å². The predicted molar refractivity (Wildman–Crippen MR) is 80.6 cm³/mol. The standard InChI is InChI=1S/C10H9BrClFN2O4S2/c1-20(16,17)15(21(2,18)19)8-5-7(13)6(3-4-14)9(11)10(8)12/h5H,3H2,1-2H3. The van der Waals surface area contributed by atoms with E-state index in [4.69, 9.17) is 16.9 Å². The number of sulfonamides is 2. The minimum Gasteiger partial charge on any atom is -0.207 e. The first-order valence-electron chi connectivity index (χ1n) is 5.15. The minimum atomic E-state index is -4.25. The molecule has 0 aromatic heterocycles. The molecule has 0 saturated carbocycles. The zero-order valence-electron chi connectivity index (χ0n) is 10.8. The number of halogens is 3. The van der Waals surface area contributed by atoms with Gasteiger partial charge in [0.25, 0.3) is 0 Å². The van der Waals surface area contributed by atoms with Gasteiger partial charge in [0, 0.05) is 16.1 Å². The Morgan fingerprint density at radius 3 is 2.19 bits per heavy atom. The molecular weight excluding hydrogens is 411 g/mol. The number of rotatable bonds is 4. The van der Waals surface area contributed by atoms with Gasteiger partial charge >= 0.3 is 0 Å². The average molecular weight is 420 g/mol. The van der Waals surface area contributed by atoms with E-state index in [1.807, 2.05) is 0 Å². The molecule has 0 atom stereocenters. The largest absolute Gasteiger partial charge is 0.245 e. The van der Waals surface area contributed by atoms with Crippen LogP contribution in [0.15, 0.2) is 10.5 Å². The number of nitrogens with zero attached hydrogens (tertiary/aromatic N) is 2. The van der Waals surface area contributed by atoms with E-state index in [1.54, 1.807) is 6.07 Å². The van der Waals surface area contributed by atoms with Gasteiger partial charge in [0.05, 0.1) is 35.7 Å². The Bertz CT molecular complexity index is 802. The van der Waals surface area contributed by atoms with Crippen molar-refractivity contribution in [2.75, 3.05) is 16.2 Å². The van der Waals surface area contributed by atoms with Gasteiger partial charge in [-0.05, 0) is 15.9 Å². The SMILES string of the molecule is CS(=O)(=O)N(c1cc(F)c(CC#N)c(Br)c1Cl)S(C)(=O)=O. The molecule has 0 bridgehead atoms. The van der Waals surface area contributed by atoms with E-state index in [9.17, 15) is 21.2 Å². The molecular formula is C10H9BrClFN2O4S2. The van der Waals surface area contributed by atoms with Crippen molar-refractivity contribution in [1.29, 1.82) is 5.26 Å². The van der Waals surface area contributed by atoms with Gasteiger partial charge in [0.15, 0.2) is 0 Å². The van der Waals surface area contributed by atoms with Gasteiger partial charge in [-0.15, -0.1) is 0 Å². The number of benzene rings is 1.